The molecular formula is C23H21ClFN3O4. The second-order valence-corrected chi connectivity index (χ2v) is 7.95. The van der Waals surface area contributed by atoms with Crippen LogP contribution in [0.2, 0.25) is 5.02 Å². The van der Waals surface area contributed by atoms with Crippen molar-refractivity contribution in [3.8, 4) is 0 Å². The Morgan fingerprint density at radius 3 is 2.41 bits per heavy atom. The highest BCUT2D eigenvalue weighted by Gasteiger charge is 2.26. The van der Waals surface area contributed by atoms with Crippen LogP contribution in [0.25, 0.3) is 10.9 Å². The Bertz CT molecular complexity index is 1280. The fourth-order valence-electron chi connectivity index (χ4n) is 4.01. The summed E-state index contributed by atoms with van der Waals surface area (Å²) in [5.41, 5.74) is 0.109. The molecule has 0 saturated carbocycles. The van der Waals surface area contributed by atoms with Gasteiger partial charge in [-0.15, -0.1) is 0 Å². The number of fused-ring (bicyclic) bond motifs is 1. The largest absolute Gasteiger partial charge is 0.477 e. The molecule has 0 atom stereocenters. The van der Waals surface area contributed by atoms with Crippen molar-refractivity contribution in [2.75, 3.05) is 31.1 Å². The predicted molar refractivity (Wildman–Crippen MR) is 120 cm³/mol. The van der Waals surface area contributed by atoms with E-state index in [1.54, 1.807) is 39.8 Å². The number of pyridine rings is 1. The number of aryl methyl sites for hydroxylation is 1. The Kier molecular flexibility index (Phi) is 5.88. The van der Waals surface area contributed by atoms with Gasteiger partial charge in [-0.1, -0.05) is 23.7 Å². The summed E-state index contributed by atoms with van der Waals surface area (Å²) in [6.45, 7) is 3.82. The molecule has 3 aromatic rings. The van der Waals surface area contributed by atoms with Crippen LogP contribution in [0.4, 0.5) is 10.1 Å². The van der Waals surface area contributed by atoms with Gasteiger partial charge >= 0.3 is 5.97 Å². The number of anilines is 1. The van der Waals surface area contributed by atoms with Gasteiger partial charge in [-0.2, -0.15) is 0 Å². The van der Waals surface area contributed by atoms with Gasteiger partial charge in [0, 0.05) is 44.3 Å². The van der Waals surface area contributed by atoms with E-state index >= 15 is 0 Å². The van der Waals surface area contributed by atoms with Crippen LogP contribution in [0.3, 0.4) is 0 Å². The van der Waals surface area contributed by atoms with Crippen molar-refractivity contribution in [1.29, 1.82) is 0 Å². The average molecular weight is 458 g/mol. The lowest BCUT2D eigenvalue weighted by Crippen LogP contribution is -2.49. The molecular weight excluding hydrogens is 437 g/mol. The Hall–Kier alpha value is -3.39. The molecule has 4 rings (SSSR count). The molecule has 0 aliphatic carbocycles. The Labute approximate surface area is 188 Å². The van der Waals surface area contributed by atoms with Gasteiger partial charge in [0.15, 0.2) is 0 Å². The van der Waals surface area contributed by atoms with Gasteiger partial charge in [0.05, 0.1) is 21.8 Å². The molecule has 1 fully saturated rings. The number of piperazine rings is 1. The molecule has 1 aliphatic heterocycles. The molecule has 0 radical (unpaired) electrons. The average Bonchev–Trinajstić information content (AvgIpc) is 2.79. The Morgan fingerprint density at radius 1 is 1.09 bits per heavy atom. The van der Waals surface area contributed by atoms with E-state index in [2.05, 4.69) is 0 Å². The lowest BCUT2D eigenvalue weighted by molar-refractivity contribution is 0.0693. The summed E-state index contributed by atoms with van der Waals surface area (Å²) in [7, 11) is 0. The molecule has 32 heavy (non-hydrogen) atoms. The summed E-state index contributed by atoms with van der Waals surface area (Å²) in [5.74, 6) is -2.12. The van der Waals surface area contributed by atoms with E-state index in [-0.39, 0.29) is 11.3 Å². The maximum Gasteiger partial charge on any atom is 0.341 e. The van der Waals surface area contributed by atoms with Gasteiger partial charge in [-0.25, -0.2) is 9.18 Å². The summed E-state index contributed by atoms with van der Waals surface area (Å²) >= 11 is 6.14. The molecule has 0 spiro atoms. The van der Waals surface area contributed by atoms with E-state index in [9.17, 15) is 23.9 Å². The molecule has 2 heterocycles. The standard InChI is InChI=1S/C23H21ClFN3O4/c1-2-26-13-16(23(31)32)21(29)15-11-18(25)20(12-19(15)26)27-7-9-28(10-8-27)22(30)14-5-3-4-6-17(14)24/h3-6,11-13H,2,7-10H2,1H3,(H,31,32). The molecule has 2 aromatic carbocycles. The SMILES string of the molecule is CCn1cc(C(=O)O)c(=O)c2cc(F)c(N3CCN(C(=O)c4ccccc4Cl)CC3)cc21. The third-order valence-corrected chi connectivity index (χ3v) is 6.06. The van der Waals surface area contributed by atoms with Crippen molar-refractivity contribution < 1.29 is 19.1 Å². The lowest BCUT2D eigenvalue weighted by Gasteiger charge is -2.36. The smallest absolute Gasteiger partial charge is 0.341 e. The number of amides is 1. The molecule has 0 bridgehead atoms. The topological polar surface area (TPSA) is 82.8 Å². The van der Waals surface area contributed by atoms with Crippen LogP contribution in [-0.2, 0) is 6.54 Å². The van der Waals surface area contributed by atoms with Crippen LogP contribution in [-0.4, -0.2) is 52.6 Å². The van der Waals surface area contributed by atoms with E-state index < -0.39 is 22.8 Å². The van der Waals surface area contributed by atoms with Crippen molar-refractivity contribution in [3.63, 3.8) is 0 Å². The van der Waals surface area contributed by atoms with E-state index in [1.807, 2.05) is 11.8 Å². The predicted octanol–water partition coefficient (Wildman–Crippen LogP) is 3.47. The first-order valence-corrected chi connectivity index (χ1v) is 10.6. The number of hydrogen-bond donors (Lipinski definition) is 1. The zero-order valence-electron chi connectivity index (χ0n) is 17.3. The minimum Gasteiger partial charge on any atom is -0.477 e. The van der Waals surface area contributed by atoms with Crippen LogP contribution in [0.15, 0.2) is 47.4 Å². The van der Waals surface area contributed by atoms with Gasteiger partial charge in [0.1, 0.15) is 11.4 Å². The summed E-state index contributed by atoms with van der Waals surface area (Å²) in [6.07, 6.45) is 1.29. The molecule has 1 N–H and O–H groups in total. The number of aromatic carboxylic acids is 1. The number of carboxylic acids is 1. The molecule has 1 aliphatic rings. The van der Waals surface area contributed by atoms with E-state index in [1.165, 1.54) is 6.20 Å². The zero-order chi connectivity index (χ0) is 23.0. The van der Waals surface area contributed by atoms with Crippen molar-refractivity contribution in [3.05, 3.63) is 74.8 Å². The number of halogens is 2. The zero-order valence-corrected chi connectivity index (χ0v) is 18.1. The highest BCUT2D eigenvalue weighted by atomic mass is 35.5. The molecule has 9 heteroatoms. The van der Waals surface area contributed by atoms with Crippen molar-refractivity contribution in [1.82, 2.24) is 9.47 Å². The third-order valence-electron chi connectivity index (χ3n) is 5.73. The molecule has 1 aromatic heterocycles. The summed E-state index contributed by atoms with van der Waals surface area (Å²) in [6, 6.07) is 9.53. The summed E-state index contributed by atoms with van der Waals surface area (Å²) in [4.78, 5) is 40.2. The number of nitrogens with zero attached hydrogens (tertiary/aromatic N) is 3. The summed E-state index contributed by atoms with van der Waals surface area (Å²) in [5, 5.41) is 9.70. The number of rotatable bonds is 4. The third kappa shape index (κ3) is 3.82. The minimum atomic E-state index is -1.34. The minimum absolute atomic E-state index is 0.0283. The lowest BCUT2D eigenvalue weighted by atomic mass is 10.1. The van der Waals surface area contributed by atoms with E-state index in [4.69, 9.17) is 11.6 Å². The maximum atomic E-state index is 15.0. The Balaban J connectivity index is 1.62. The quantitative estimate of drug-likeness (QED) is 0.648. The second kappa shape index (κ2) is 8.63. The number of hydrogen-bond acceptors (Lipinski definition) is 4. The highest BCUT2D eigenvalue weighted by molar-refractivity contribution is 6.33. The first-order valence-electron chi connectivity index (χ1n) is 10.2. The molecule has 166 valence electrons. The monoisotopic (exact) mass is 457 g/mol. The van der Waals surface area contributed by atoms with Crippen molar-refractivity contribution in [2.24, 2.45) is 0 Å². The number of carbonyl (C=O) groups excluding carboxylic acids is 1. The van der Waals surface area contributed by atoms with Gasteiger partial charge in [0.25, 0.3) is 5.91 Å². The Morgan fingerprint density at radius 2 is 1.78 bits per heavy atom. The normalized spacial score (nSPS) is 14.1. The van der Waals surface area contributed by atoms with Crippen molar-refractivity contribution >= 4 is 40.1 Å². The molecule has 1 amide bonds. The number of aromatic nitrogens is 1. The highest BCUT2D eigenvalue weighted by Crippen LogP contribution is 2.27. The van der Waals surface area contributed by atoms with E-state index in [0.717, 1.165) is 6.07 Å². The van der Waals surface area contributed by atoms with Crippen LogP contribution >= 0.6 is 11.6 Å². The van der Waals surface area contributed by atoms with Crippen molar-refractivity contribution in [2.45, 2.75) is 13.5 Å². The van der Waals surface area contributed by atoms with Crippen LogP contribution < -0.4 is 10.3 Å². The number of carbonyl (C=O) groups is 2. The molecule has 7 nitrogen and oxygen atoms in total. The first kappa shape index (κ1) is 21.8. The second-order valence-electron chi connectivity index (χ2n) is 7.54. The molecule has 0 unspecified atom stereocenters. The van der Waals surface area contributed by atoms with Crippen LogP contribution in [0, 0.1) is 5.82 Å². The van der Waals surface area contributed by atoms with Gasteiger partial charge in [0.2, 0.25) is 5.43 Å². The summed E-state index contributed by atoms with van der Waals surface area (Å²) < 4.78 is 16.6. The fourth-order valence-corrected chi connectivity index (χ4v) is 4.23. The van der Waals surface area contributed by atoms with E-state index in [0.29, 0.717) is 54.5 Å². The maximum absolute atomic E-state index is 15.0. The van der Waals surface area contributed by atoms with Crippen LogP contribution in [0.1, 0.15) is 27.6 Å². The number of carboxylic acid groups (broad SMARTS) is 1. The van der Waals surface area contributed by atoms with Gasteiger partial charge in [-0.3, -0.25) is 9.59 Å². The molecule has 1 saturated heterocycles. The first-order chi connectivity index (χ1) is 15.3. The fraction of sp³-hybridized carbons (Fsp3) is 0.261. The van der Waals surface area contributed by atoms with Gasteiger partial charge < -0.3 is 19.5 Å². The number of benzene rings is 2. The van der Waals surface area contributed by atoms with Gasteiger partial charge in [-0.05, 0) is 31.2 Å². The van der Waals surface area contributed by atoms with Crippen LogP contribution in [0.5, 0.6) is 0 Å².